The number of ether oxygens (including phenoxy) is 1. The first-order chi connectivity index (χ1) is 8.02. The van der Waals surface area contributed by atoms with E-state index in [1.54, 1.807) is 11.3 Å². The van der Waals surface area contributed by atoms with Gasteiger partial charge in [0, 0.05) is 17.1 Å². The van der Waals surface area contributed by atoms with Gasteiger partial charge >= 0.3 is 5.97 Å². The van der Waals surface area contributed by atoms with Crippen LogP contribution in [0, 0.1) is 6.92 Å². The molecule has 0 amide bonds. The smallest absolute Gasteiger partial charge is 0.307 e. The molecule has 1 aromatic heterocycles. The molecule has 17 heavy (non-hydrogen) atoms. The van der Waals surface area contributed by atoms with Gasteiger partial charge in [-0.05, 0) is 27.7 Å². The number of hydrogen-bond donors (Lipinski definition) is 1. The second kappa shape index (κ2) is 6.71. The third-order valence-electron chi connectivity index (χ3n) is 2.32. The lowest BCUT2D eigenvalue weighted by atomic mass is 10.2. The minimum Gasteiger partial charge on any atom is -0.466 e. The molecule has 2 atom stereocenters. The average molecular weight is 256 g/mol. The van der Waals surface area contributed by atoms with Crippen LogP contribution in [0.4, 0.5) is 0 Å². The van der Waals surface area contributed by atoms with E-state index >= 15 is 0 Å². The Morgan fingerprint density at radius 3 is 2.82 bits per heavy atom. The van der Waals surface area contributed by atoms with Gasteiger partial charge in [-0.1, -0.05) is 0 Å². The molecule has 0 aliphatic carbocycles. The van der Waals surface area contributed by atoms with Crippen LogP contribution in [0.5, 0.6) is 0 Å². The van der Waals surface area contributed by atoms with Crippen LogP contribution in [0.25, 0.3) is 0 Å². The van der Waals surface area contributed by atoms with E-state index in [1.807, 2.05) is 26.2 Å². The van der Waals surface area contributed by atoms with Crippen molar-refractivity contribution in [3.8, 4) is 0 Å². The highest BCUT2D eigenvalue weighted by atomic mass is 32.1. The van der Waals surface area contributed by atoms with Crippen molar-refractivity contribution in [3.05, 3.63) is 16.1 Å². The molecular formula is C12H20N2O2S. The quantitative estimate of drug-likeness (QED) is 0.794. The summed E-state index contributed by atoms with van der Waals surface area (Å²) in [6.45, 7) is 8.27. The first-order valence-corrected chi connectivity index (χ1v) is 6.74. The predicted molar refractivity (Wildman–Crippen MR) is 69.1 cm³/mol. The molecule has 1 heterocycles. The summed E-state index contributed by atoms with van der Waals surface area (Å²) >= 11 is 1.64. The van der Waals surface area contributed by atoms with E-state index in [1.165, 1.54) is 0 Å². The molecule has 0 spiro atoms. The number of carbonyl (C=O) groups excluding carboxylic acids is 1. The molecule has 0 saturated heterocycles. The van der Waals surface area contributed by atoms with Crippen molar-refractivity contribution in [2.45, 2.75) is 46.2 Å². The van der Waals surface area contributed by atoms with Gasteiger partial charge in [-0.3, -0.25) is 4.79 Å². The maximum absolute atomic E-state index is 11.3. The standard InChI is InChI=1S/C12H20N2O2S/c1-5-16-11(15)6-8(2)13-10(4)12-14-9(3)7-17-12/h7-8,10,13H,5-6H2,1-4H3. The van der Waals surface area contributed by atoms with Crippen molar-refractivity contribution in [1.29, 1.82) is 0 Å². The van der Waals surface area contributed by atoms with Crippen molar-refractivity contribution in [2.75, 3.05) is 6.61 Å². The Morgan fingerprint density at radius 2 is 2.29 bits per heavy atom. The molecule has 0 aliphatic heterocycles. The van der Waals surface area contributed by atoms with Gasteiger partial charge in [-0.2, -0.15) is 0 Å². The summed E-state index contributed by atoms with van der Waals surface area (Å²) in [4.78, 5) is 15.7. The highest BCUT2D eigenvalue weighted by molar-refractivity contribution is 7.09. The van der Waals surface area contributed by atoms with Crippen LogP contribution >= 0.6 is 11.3 Å². The van der Waals surface area contributed by atoms with Gasteiger partial charge in [-0.15, -0.1) is 11.3 Å². The van der Waals surface area contributed by atoms with Crippen LogP contribution in [0.1, 0.15) is 43.9 Å². The number of aromatic nitrogens is 1. The molecule has 96 valence electrons. The van der Waals surface area contributed by atoms with Crippen LogP contribution in [0.15, 0.2) is 5.38 Å². The molecule has 5 heteroatoms. The molecular weight excluding hydrogens is 236 g/mol. The minimum atomic E-state index is -0.157. The molecule has 0 saturated carbocycles. The molecule has 0 fully saturated rings. The molecule has 2 unspecified atom stereocenters. The average Bonchev–Trinajstić information content (AvgIpc) is 2.64. The van der Waals surface area contributed by atoms with Crippen LogP contribution < -0.4 is 5.32 Å². The number of nitrogens with zero attached hydrogens (tertiary/aromatic N) is 1. The third-order valence-corrected chi connectivity index (χ3v) is 3.47. The second-order valence-corrected chi connectivity index (χ2v) is 5.02. The lowest BCUT2D eigenvalue weighted by Gasteiger charge is -2.17. The zero-order chi connectivity index (χ0) is 12.8. The fraction of sp³-hybridized carbons (Fsp3) is 0.667. The molecule has 0 aromatic carbocycles. The maximum Gasteiger partial charge on any atom is 0.307 e. The first-order valence-electron chi connectivity index (χ1n) is 5.86. The zero-order valence-corrected chi connectivity index (χ0v) is 11.6. The summed E-state index contributed by atoms with van der Waals surface area (Å²) < 4.78 is 4.91. The first kappa shape index (κ1) is 14.1. The normalized spacial score (nSPS) is 14.4. The number of esters is 1. The Bertz CT molecular complexity index is 365. The van der Waals surface area contributed by atoms with E-state index in [9.17, 15) is 4.79 Å². The van der Waals surface area contributed by atoms with Gasteiger partial charge < -0.3 is 10.1 Å². The molecule has 0 aliphatic rings. The largest absolute Gasteiger partial charge is 0.466 e. The van der Waals surface area contributed by atoms with Crippen molar-refractivity contribution in [2.24, 2.45) is 0 Å². The van der Waals surface area contributed by atoms with E-state index < -0.39 is 0 Å². The van der Waals surface area contributed by atoms with Gasteiger partial charge in [0.2, 0.25) is 0 Å². The lowest BCUT2D eigenvalue weighted by Crippen LogP contribution is -2.31. The Labute approximate surface area is 106 Å². The monoisotopic (exact) mass is 256 g/mol. The maximum atomic E-state index is 11.3. The van der Waals surface area contributed by atoms with Gasteiger partial charge in [-0.25, -0.2) is 4.98 Å². The fourth-order valence-corrected chi connectivity index (χ4v) is 2.41. The van der Waals surface area contributed by atoms with Gasteiger partial charge in [0.05, 0.1) is 19.1 Å². The summed E-state index contributed by atoms with van der Waals surface area (Å²) in [7, 11) is 0. The van der Waals surface area contributed by atoms with Crippen molar-refractivity contribution < 1.29 is 9.53 Å². The second-order valence-electron chi connectivity index (χ2n) is 4.13. The van der Waals surface area contributed by atoms with Crippen molar-refractivity contribution in [1.82, 2.24) is 10.3 Å². The number of carbonyl (C=O) groups is 1. The highest BCUT2D eigenvalue weighted by Crippen LogP contribution is 2.18. The highest BCUT2D eigenvalue weighted by Gasteiger charge is 2.15. The van der Waals surface area contributed by atoms with Gasteiger partial charge in [0.15, 0.2) is 0 Å². The van der Waals surface area contributed by atoms with Crippen LogP contribution in [-0.4, -0.2) is 23.6 Å². The molecule has 1 rings (SSSR count). The molecule has 1 N–H and O–H groups in total. The molecule has 4 nitrogen and oxygen atoms in total. The fourth-order valence-electron chi connectivity index (χ4n) is 1.60. The molecule has 0 bridgehead atoms. The van der Waals surface area contributed by atoms with Gasteiger partial charge in [0.25, 0.3) is 0 Å². The van der Waals surface area contributed by atoms with E-state index in [-0.39, 0.29) is 18.1 Å². The zero-order valence-electron chi connectivity index (χ0n) is 10.8. The Morgan fingerprint density at radius 1 is 1.59 bits per heavy atom. The summed E-state index contributed by atoms with van der Waals surface area (Å²) in [5.41, 5.74) is 1.04. The van der Waals surface area contributed by atoms with E-state index in [0.717, 1.165) is 10.7 Å². The number of aryl methyl sites for hydroxylation is 1. The molecule has 0 radical (unpaired) electrons. The SMILES string of the molecule is CCOC(=O)CC(C)NC(C)c1nc(C)cs1. The Hall–Kier alpha value is -0.940. The van der Waals surface area contributed by atoms with Crippen LogP contribution in [0.2, 0.25) is 0 Å². The summed E-state index contributed by atoms with van der Waals surface area (Å²) in [5.74, 6) is -0.157. The van der Waals surface area contributed by atoms with Crippen molar-refractivity contribution in [3.63, 3.8) is 0 Å². The summed E-state index contributed by atoms with van der Waals surface area (Å²) in [6, 6.07) is 0.256. The van der Waals surface area contributed by atoms with E-state index in [4.69, 9.17) is 4.74 Å². The third kappa shape index (κ3) is 4.83. The van der Waals surface area contributed by atoms with Crippen molar-refractivity contribution >= 4 is 17.3 Å². The number of thiazole rings is 1. The van der Waals surface area contributed by atoms with E-state index in [2.05, 4.69) is 17.2 Å². The van der Waals surface area contributed by atoms with E-state index in [0.29, 0.717) is 13.0 Å². The van der Waals surface area contributed by atoms with Crippen LogP contribution in [0.3, 0.4) is 0 Å². The minimum absolute atomic E-state index is 0.0910. The lowest BCUT2D eigenvalue weighted by molar-refractivity contribution is -0.143. The topological polar surface area (TPSA) is 51.2 Å². The number of hydrogen-bond acceptors (Lipinski definition) is 5. The number of rotatable bonds is 6. The number of nitrogens with one attached hydrogen (secondary N) is 1. The molecule has 1 aromatic rings. The summed E-state index contributed by atoms with van der Waals surface area (Å²) in [5, 5.41) is 6.43. The van der Waals surface area contributed by atoms with Crippen LogP contribution in [-0.2, 0) is 9.53 Å². The summed E-state index contributed by atoms with van der Waals surface area (Å²) in [6.07, 6.45) is 0.391. The predicted octanol–water partition coefficient (Wildman–Crippen LogP) is 2.44. The Balaban J connectivity index is 2.40. The Kier molecular flexibility index (Phi) is 5.58. The van der Waals surface area contributed by atoms with Gasteiger partial charge in [0.1, 0.15) is 5.01 Å².